The number of phenols is 1. The maximum atomic E-state index is 11.2. The number of carbonyl (C=O) groups excluding carboxylic acids is 1. The van der Waals surface area contributed by atoms with Crippen molar-refractivity contribution < 1.29 is 15.0 Å². The van der Waals surface area contributed by atoms with Crippen LogP contribution in [0.4, 0.5) is 0 Å². The molecule has 3 nitrogen and oxygen atoms in total. The van der Waals surface area contributed by atoms with Crippen LogP contribution < -0.4 is 5.11 Å². The van der Waals surface area contributed by atoms with Gasteiger partial charge in [0, 0.05) is 11.9 Å². The van der Waals surface area contributed by atoms with Gasteiger partial charge in [-0.2, -0.15) is 0 Å². The van der Waals surface area contributed by atoms with Gasteiger partial charge < -0.3 is 15.0 Å². The quantitative estimate of drug-likeness (QED) is 0.881. The van der Waals surface area contributed by atoms with Gasteiger partial charge in [-0.1, -0.05) is 42.5 Å². The van der Waals surface area contributed by atoms with Gasteiger partial charge in [-0.15, -0.1) is 0 Å². The summed E-state index contributed by atoms with van der Waals surface area (Å²) in [6, 6.07) is 15.5. The summed E-state index contributed by atoms with van der Waals surface area (Å²) in [5.41, 5.74) is 1.58. The summed E-state index contributed by atoms with van der Waals surface area (Å²) in [6.45, 7) is 0. The van der Waals surface area contributed by atoms with Crippen LogP contribution in [0.1, 0.15) is 17.0 Å². The van der Waals surface area contributed by atoms with E-state index in [0.29, 0.717) is 6.42 Å². The molecular weight excluding hydrogens is 228 g/mol. The van der Waals surface area contributed by atoms with E-state index in [1.165, 1.54) is 0 Å². The molecule has 2 aromatic carbocycles. The standard InChI is InChI=1S/C15H14O3/c16-13-8-6-11(7-9-13)10-14(15(17)18)12-4-2-1-3-5-12/h1-9,14,16H,10H2,(H,17,18)/p-1/t14-/m1/s1. The Hall–Kier alpha value is -2.29. The fraction of sp³-hybridized carbons (Fsp3) is 0.133. The second kappa shape index (κ2) is 5.36. The van der Waals surface area contributed by atoms with E-state index in [0.717, 1.165) is 11.1 Å². The minimum atomic E-state index is -1.09. The van der Waals surface area contributed by atoms with Gasteiger partial charge in [-0.3, -0.25) is 0 Å². The predicted octanol–water partition coefficient (Wildman–Crippen LogP) is 1.47. The van der Waals surface area contributed by atoms with Gasteiger partial charge in [0.2, 0.25) is 0 Å². The van der Waals surface area contributed by atoms with Gasteiger partial charge in [-0.05, 0) is 29.7 Å². The summed E-state index contributed by atoms with van der Waals surface area (Å²) >= 11 is 0. The molecule has 2 aromatic rings. The van der Waals surface area contributed by atoms with Crippen LogP contribution in [-0.4, -0.2) is 11.1 Å². The highest BCUT2D eigenvalue weighted by molar-refractivity contribution is 5.74. The van der Waals surface area contributed by atoms with Crippen LogP contribution >= 0.6 is 0 Å². The molecule has 18 heavy (non-hydrogen) atoms. The number of benzene rings is 2. The Morgan fingerprint density at radius 3 is 2.22 bits per heavy atom. The molecule has 0 aliphatic carbocycles. The first kappa shape index (κ1) is 12.2. The van der Waals surface area contributed by atoms with E-state index in [2.05, 4.69) is 0 Å². The minimum absolute atomic E-state index is 0.170. The van der Waals surface area contributed by atoms with Crippen LogP contribution in [0.5, 0.6) is 5.75 Å². The fourth-order valence-electron chi connectivity index (χ4n) is 1.89. The van der Waals surface area contributed by atoms with Crippen LogP contribution in [-0.2, 0) is 11.2 Å². The number of rotatable bonds is 4. The summed E-state index contributed by atoms with van der Waals surface area (Å²) in [7, 11) is 0. The molecule has 0 radical (unpaired) electrons. The minimum Gasteiger partial charge on any atom is -0.549 e. The Morgan fingerprint density at radius 1 is 1.06 bits per heavy atom. The van der Waals surface area contributed by atoms with E-state index in [9.17, 15) is 15.0 Å². The number of hydrogen-bond donors (Lipinski definition) is 1. The smallest absolute Gasteiger partial charge is 0.115 e. The van der Waals surface area contributed by atoms with Crippen molar-refractivity contribution in [2.45, 2.75) is 12.3 Å². The second-order valence-corrected chi connectivity index (χ2v) is 4.15. The highest BCUT2D eigenvalue weighted by Gasteiger charge is 2.13. The highest BCUT2D eigenvalue weighted by Crippen LogP contribution is 2.21. The summed E-state index contributed by atoms with van der Waals surface area (Å²) < 4.78 is 0. The van der Waals surface area contributed by atoms with Gasteiger partial charge >= 0.3 is 0 Å². The van der Waals surface area contributed by atoms with Crippen molar-refractivity contribution in [1.29, 1.82) is 0 Å². The number of hydrogen-bond acceptors (Lipinski definition) is 3. The van der Waals surface area contributed by atoms with Gasteiger partial charge in [0.15, 0.2) is 0 Å². The molecule has 3 heteroatoms. The molecule has 0 spiro atoms. The first-order chi connectivity index (χ1) is 8.66. The zero-order chi connectivity index (χ0) is 13.0. The monoisotopic (exact) mass is 241 g/mol. The Labute approximate surface area is 105 Å². The third kappa shape index (κ3) is 2.88. The van der Waals surface area contributed by atoms with Crippen molar-refractivity contribution in [1.82, 2.24) is 0 Å². The van der Waals surface area contributed by atoms with E-state index in [-0.39, 0.29) is 5.75 Å². The van der Waals surface area contributed by atoms with Crippen molar-refractivity contribution in [2.24, 2.45) is 0 Å². The molecule has 2 rings (SSSR count). The average Bonchev–Trinajstić information content (AvgIpc) is 2.38. The Morgan fingerprint density at radius 2 is 1.67 bits per heavy atom. The summed E-state index contributed by atoms with van der Waals surface area (Å²) in [5.74, 6) is -1.59. The predicted molar refractivity (Wildman–Crippen MR) is 66.0 cm³/mol. The van der Waals surface area contributed by atoms with Crippen LogP contribution in [0, 0.1) is 0 Å². The van der Waals surface area contributed by atoms with Gasteiger partial charge in [-0.25, -0.2) is 0 Å². The largest absolute Gasteiger partial charge is 0.549 e. The SMILES string of the molecule is O=C([O-])[C@H](Cc1ccc(O)cc1)c1ccccc1. The molecule has 0 fully saturated rings. The van der Waals surface area contributed by atoms with Gasteiger partial charge in [0.25, 0.3) is 0 Å². The number of aromatic hydroxyl groups is 1. The normalized spacial score (nSPS) is 12.0. The Bertz CT molecular complexity index is 517. The van der Waals surface area contributed by atoms with Gasteiger partial charge in [0.05, 0.1) is 0 Å². The number of phenolic OH excluding ortho intramolecular Hbond substituents is 1. The molecule has 0 saturated heterocycles. The maximum Gasteiger partial charge on any atom is 0.115 e. The third-order valence-corrected chi connectivity index (χ3v) is 2.86. The highest BCUT2D eigenvalue weighted by atomic mass is 16.4. The molecule has 92 valence electrons. The molecule has 0 heterocycles. The summed E-state index contributed by atoms with van der Waals surface area (Å²) in [5, 5.41) is 20.4. The van der Waals surface area contributed by atoms with E-state index in [1.54, 1.807) is 36.4 Å². The lowest BCUT2D eigenvalue weighted by atomic mass is 9.92. The van der Waals surface area contributed by atoms with Crippen molar-refractivity contribution in [3.8, 4) is 5.75 Å². The van der Waals surface area contributed by atoms with Crippen molar-refractivity contribution in [3.05, 3.63) is 65.7 Å². The molecule has 0 bridgehead atoms. The van der Waals surface area contributed by atoms with E-state index in [1.807, 2.05) is 18.2 Å². The van der Waals surface area contributed by atoms with Crippen molar-refractivity contribution >= 4 is 5.97 Å². The first-order valence-corrected chi connectivity index (χ1v) is 5.70. The second-order valence-electron chi connectivity index (χ2n) is 4.15. The summed E-state index contributed by atoms with van der Waals surface area (Å²) in [6.07, 6.45) is 0.354. The molecule has 0 amide bonds. The fourth-order valence-corrected chi connectivity index (χ4v) is 1.89. The molecule has 0 aromatic heterocycles. The molecule has 0 aliphatic heterocycles. The van der Waals surface area contributed by atoms with E-state index >= 15 is 0 Å². The Kier molecular flexibility index (Phi) is 3.63. The number of aliphatic carboxylic acids is 1. The lowest BCUT2D eigenvalue weighted by Gasteiger charge is -2.18. The lowest BCUT2D eigenvalue weighted by molar-refractivity contribution is -0.308. The summed E-state index contributed by atoms with van der Waals surface area (Å²) in [4.78, 5) is 11.2. The van der Waals surface area contributed by atoms with Crippen molar-refractivity contribution in [2.75, 3.05) is 0 Å². The molecule has 0 saturated carbocycles. The third-order valence-electron chi connectivity index (χ3n) is 2.86. The van der Waals surface area contributed by atoms with Crippen molar-refractivity contribution in [3.63, 3.8) is 0 Å². The zero-order valence-electron chi connectivity index (χ0n) is 9.74. The molecule has 1 N–H and O–H groups in total. The molecule has 0 aliphatic rings. The first-order valence-electron chi connectivity index (χ1n) is 5.70. The molecule has 1 atom stereocenters. The molecule has 0 unspecified atom stereocenters. The lowest BCUT2D eigenvalue weighted by Crippen LogP contribution is -2.31. The number of carboxylic acid groups (broad SMARTS) is 1. The van der Waals surface area contributed by atoms with Crippen LogP contribution in [0.2, 0.25) is 0 Å². The van der Waals surface area contributed by atoms with E-state index < -0.39 is 11.9 Å². The number of carbonyl (C=O) groups is 1. The van der Waals surface area contributed by atoms with Crippen LogP contribution in [0.3, 0.4) is 0 Å². The average molecular weight is 241 g/mol. The number of carboxylic acids is 1. The van der Waals surface area contributed by atoms with Crippen LogP contribution in [0.15, 0.2) is 54.6 Å². The maximum absolute atomic E-state index is 11.2. The van der Waals surface area contributed by atoms with Crippen LogP contribution in [0.25, 0.3) is 0 Å². The Balaban J connectivity index is 2.22. The van der Waals surface area contributed by atoms with E-state index in [4.69, 9.17) is 0 Å². The van der Waals surface area contributed by atoms with Gasteiger partial charge in [0.1, 0.15) is 5.75 Å². The zero-order valence-corrected chi connectivity index (χ0v) is 9.74. The molecular formula is C15H13O3-. The topological polar surface area (TPSA) is 60.4 Å².